The molecule has 0 saturated heterocycles. The fourth-order valence-electron chi connectivity index (χ4n) is 2.10. The van der Waals surface area contributed by atoms with E-state index in [-0.39, 0.29) is 0 Å². The van der Waals surface area contributed by atoms with E-state index >= 15 is 0 Å². The predicted molar refractivity (Wildman–Crippen MR) is 91.0 cm³/mol. The molecule has 1 aromatic carbocycles. The van der Waals surface area contributed by atoms with Crippen LogP contribution in [0.1, 0.15) is 39.7 Å². The Kier molecular flexibility index (Phi) is 5.69. The summed E-state index contributed by atoms with van der Waals surface area (Å²) in [4.78, 5) is 6.78. The van der Waals surface area contributed by atoms with Crippen LogP contribution in [0, 0.1) is 0 Å². The standard InChI is InChI=1S/C17H25N5/c1-5-14(4)19-16-11-18-21-17(20-16)22(13(2)3)12-15-9-7-6-8-10-15/h6-11,13-14H,5,12H2,1-4H3,(H,19,20,21). The maximum Gasteiger partial charge on any atom is 0.247 e. The normalized spacial score (nSPS) is 12.2. The molecule has 0 aliphatic heterocycles. The molecule has 1 aromatic heterocycles. The van der Waals surface area contributed by atoms with Crippen LogP contribution in [0.3, 0.4) is 0 Å². The molecule has 5 nitrogen and oxygen atoms in total. The van der Waals surface area contributed by atoms with Crippen LogP contribution in [0.2, 0.25) is 0 Å². The zero-order valence-electron chi connectivity index (χ0n) is 13.8. The van der Waals surface area contributed by atoms with Crippen molar-refractivity contribution < 1.29 is 0 Å². The number of hydrogen-bond acceptors (Lipinski definition) is 5. The van der Waals surface area contributed by atoms with Crippen molar-refractivity contribution in [2.24, 2.45) is 0 Å². The Morgan fingerprint density at radius 3 is 2.50 bits per heavy atom. The van der Waals surface area contributed by atoms with Crippen LogP contribution in [-0.2, 0) is 6.54 Å². The van der Waals surface area contributed by atoms with Crippen molar-refractivity contribution in [1.82, 2.24) is 15.2 Å². The Balaban J connectivity index is 2.19. The first kappa shape index (κ1) is 16.2. The van der Waals surface area contributed by atoms with E-state index in [2.05, 4.69) is 65.2 Å². The second kappa shape index (κ2) is 7.73. The van der Waals surface area contributed by atoms with Crippen LogP contribution in [-0.4, -0.2) is 27.3 Å². The molecule has 22 heavy (non-hydrogen) atoms. The molecule has 0 bridgehead atoms. The zero-order chi connectivity index (χ0) is 15.9. The quantitative estimate of drug-likeness (QED) is 0.848. The maximum atomic E-state index is 4.62. The maximum absolute atomic E-state index is 4.62. The lowest BCUT2D eigenvalue weighted by Gasteiger charge is -2.26. The molecule has 1 heterocycles. The first-order valence-corrected chi connectivity index (χ1v) is 7.87. The predicted octanol–water partition coefficient (Wildman–Crippen LogP) is 3.50. The molecule has 0 fully saturated rings. The lowest BCUT2D eigenvalue weighted by Crippen LogP contribution is -2.32. The Bertz CT molecular complexity index is 570. The van der Waals surface area contributed by atoms with Crippen LogP contribution in [0.15, 0.2) is 36.5 Å². The number of aromatic nitrogens is 3. The van der Waals surface area contributed by atoms with Gasteiger partial charge < -0.3 is 10.2 Å². The van der Waals surface area contributed by atoms with E-state index in [0.29, 0.717) is 18.0 Å². The van der Waals surface area contributed by atoms with Gasteiger partial charge in [0.1, 0.15) is 0 Å². The average Bonchev–Trinajstić information content (AvgIpc) is 2.53. The summed E-state index contributed by atoms with van der Waals surface area (Å²) >= 11 is 0. The van der Waals surface area contributed by atoms with Crippen molar-refractivity contribution in [3.8, 4) is 0 Å². The van der Waals surface area contributed by atoms with Gasteiger partial charge in [0.05, 0.1) is 6.20 Å². The van der Waals surface area contributed by atoms with Gasteiger partial charge in [0, 0.05) is 18.6 Å². The molecule has 118 valence electrons. The molecule has 0 spiro atoms. The fourth-order valence-corrected chi connectivity index (χ4v) is 2.10. The smallest absolute Gasteiger partial charge is 0.247 e. The van der Waals surface area contributed by atoms with Gasteiger partial charge in [-0.1, -0.05) is 37.3 Å². The third-order valence-corrected chi connectivity index (χ3v) is 3.63. The van der Waals surface area contributed by atoms with Gasteiger partial charge >= 0.3 is 0 Å². The summed E-state index contributed by atoms with van der Waals surface area (Å²) in [6.07, 6.45) is 2.72. The van der Waals surface area contributed by atoms with Crippen molar-refractivity contribution in [2.45, 2.75) is 52.7 Å². The van der Waals surface area contributed by atoms with Crippen LogP contribution < -0.4 is 10.2 Å². The van der Waals surface area contributed by atoms with Gasteiger partial charge in [0.25, 0.3) is 0 Å². The first-order valence-electron chi connectivity index (χ1n) is 7.87. The van der Waals surface area contributed by atoms with Crippen LogP contribution in [0.25, 0.3) is 0 Å². The highest BCUT2D eigenvalue weighted by Gasteiger charge is 2.15. The molecule has 2 rings (SSSR count). The summed E-state index contributed by atoms with van der Waals surface area (Å²) in [5.41, 5.74) is 1.24. The molecule has 0 amide bonds. The number of rotatable bonds is 7. The van der Waals surface area contributed by atoms with Gasteiger partial charge in [-0.2, -0.15) is 10.1 Å². The number of nitrogens with one attached hydrogen (secondary N) is 1. The molecular weight excluding hydrogens is 274 g/mol. The van der Waals surface area contributed by atoms with E-state index in [9.17, 15) is 0 Å². The van der Waals surface area contributed by atoms with Crippen LogP contribution in [0.4, 0.5) is 11.8 Å². The highest BCUT2D eigenvalue weighted by atomic mass is 15.3. The topological polar surface area (TPSA) is 53.9 Å². The van der Waals surface area contributed by atoms with E-state index < -0.39 is 0 Å². The minimum absolute atomic E-state index is 0.292. The SMILES string of the molecule is CCC(C)Nc1cnnc(N(Cc2ccccc2)C(C)C)n1. The largest absolute Gasteiger partial charge is 0.366 e. The third kappa shape index (κ3) is 4.41. The Morgan fingerprint density at radius 2 is 1.86 bits per heavy atom. The Morgan fingerprint density at radius 1 is 1.14 bits per heavy atom. The van der Waals surface area contributed by atoms with Crippen molar-refractivity contribution in [2.75, 3.05) is 10.2 Å². The van der Waals surface area contributed by atoms with Crippen molar-refractivity contribution >= 4 is 11.8 Å². The molecule has 1 N–H and O–H groups in total. The lowest BCUT2D eigenvalue weighted by molar-refractivity contribution is 0.651. The molecule has 0 radical (unpaired) electrons. The molecule has 0 aliphatic carbocycles. The second-order valence-corrected chi connectivity index (χ2v) is 5.80. The number of benzene rings is 1. The lowest BCUT2D eigenvalue weighted by atomic mass is 10.2. The summed E-state index contributed by atoms with van der Waals surface area (Å²) in [6.45, 7) is 9.32. The number of anilines is 2. The molecule has 0 saturated carbocycles. The molecule has 5 heteroatoms. The fraction of sp³-hybridized carbons (Fsp3) is 0.471. The highest BCUT2D eigenvalue weighted by Crippen LogP contribution is 2.17. The summed E-state index contributed by atoms with van der Waals surface area (Å²) in [5, 5.41) is 11.7. The van der Waals surface area contributed by atoms with Crippen LogP contribution in [0.5, 0.6) is 0 Å². The Labute approximate surface area is 132 Å². The van der Waals surface area contributed by atoms with E-state index in [1.165, 1.54) is 5.56 Å². The van der Waals surface area contributed by atoms with Gasteiger partial charge in [-0.25, -0.2) is 0 Å². The third-order valence-electron chi connectivity index (χ3n) is 3.63. The molecule has 2 aromatic rings. The van der Waals surface area contributed by atoms with E-state index in [1.807, 2.05) is 18.2 Å². The zero-order valence-corrected chi connectivity index (χ0v) is 13.8. The molecule has 1 unspecified atom stereocenters. The van der Waals surface area contributed by atoms with E-state index in [1.54, 1.807) is 6.20 Å². The summed E-state index contributed by atoms with van der Waals surface area (Å²) < 4.78 is 0. The van der Waals surface area contributed by atoms with Gasteiger partial charge in [-0.3, -0.25) is 0 Å². The van der Waals surface area contributed by atoms with Crippen LogP contribution >= 0.6 is 0 Å². The van der Waals surface area contributed by atoms with Gasteiger partial charge in [-0.15, -0.1) is 5.10 Å². The molecule has 0 aliphatic rings. The monoisotopic (exact) mass is 299 g/mol. The summed E-state index contributed by atoms with van der Waals surface area (Å²) in [7, 11) is 0. The summed E-state index contributed by atoms with van der Waals surface area (Å²) in [5.74, 6) is 1.44. The number of hydrogen-bond donors (Lipinski definition) is 1. The van der Waals surface area contributed by atoms with Gasteiger partial charge in [-0.05, 0) is 32.8 Å². The van der Waals surface area contributed by atoms with E-state index in [4.69, 9.17) is 0 Å². The van der Waals surface area contributed by atoms with Crippen molar-refractivity contribution in [1.29, 1.82) is 0 Å². The molecule has 1 atom stereocenters. The second-order valence-electron chi connectivity index (χ2n) is 5.80. The van der Waals surface area contributed by atoms with E-state index in [0.717, 1.165) is 18.8 Å². The Hall–Kier alpha value is -2.17. The minimum atomic E-state index is 0.292. The van der Waals surface area contributed by atoms with Crippen molar-refractivity contribution in [3.05, 3.63) is 42.1 Å². The summed E-state index contributed by atoms with van der Waals surface area (Å²) in [6, 6.07) is 11.0. The average molecular weight is 299 g/mol. The van der Waals surface area contributed by atoms with Crippen molar-refractivity contribution in [3.63, 3.8) is 0 Å². The van der Waals surface area contributed by atoms with Gasteiger partial charge in [0.15, 0.2) is 5.82 Å². The molecular formula is C17H25N5. The van der Waals surface area contributed by atoms with Gasteiger partial charge in [0.2, 0.25) is 5.95 Å². The number of nitrogens with zero attached hydrogens (tertiary/aromatic N) is 4. The highest BCUT2D eigenvalue weighted by molar-refractivity contribution is 5.40. The first-order chi connectivity index (χ1) is 10.6. The minimum Gasteiger partial charge on any atom is -0.366 e.